The highest BCUT2D eigenvalue weighted by Crippen LogP contribution is 2.28. The van der Waals surface area contributed by atoms with Crippen LogP contribution in [0.3, 0.4) is 0 Å². The number of nitrogens with one attached hydrogen (secondary N) is 1. The third kappa shape index (κ3) is 8.15. The third-order valence-electron chi connectivity index (χ3n) is 6.68. The normalized spacial score (nSPS) is 12.7. The van der Waals surface area contributed by atoms with Gasteiger partial charge in [-0.2, -0.15) is 0 Å². The van der Waals surface area contributed by atoms with Crippen molar-refractivity contribution in [1.82, 2.24) is 10.2 Å². The van der Waals surface area contributed by atoms with E-state index in [2.05, 4.69) is 5.32 Å². The molecule has 0 heterocycles. The lowest BCUT2D eigenvalue weighted by molar-refractivity contribution is -0.140. The second-order valence-electron chi connectivity index (χ2n) is 9.54. The molecule has 0 radical (unpaired) electrons. The van der Waals surface area contributed by atoms with Crippen molar-refractivity contribution in [3.8, 4) is 5.75 Å². The SMILES string of the molecule is CC[C@@H](C)NC(=O)[C@@H](CC)N(Cc1ccc(Cl)c(Cl)c1)C(=O)CN(c1cccc(OC)c1)S(=O)(=O)c1ccccc1. The molecule has 0 unspecified atom stereocenters. The Labute approximate surface area is 252 Å². The predicted molar refractivity (Wildman–Crippen MR) is 163 cm³/mol. The van der Waals surface area contributed by atoms with Crippen LogP contribution in [0.5, 0.6) is 5.75 Å². The van der Waals surface area contributed by atoms with Crippen molar-refractivity contribution in [3.63, 3.8) is 0 Å². The number of hydrogen-bond donors (Lipinski definition) is 1. The molecule has 2 atom stereocenters. The Balaban J connectivity index is 2.08. The molecular formula is C30H35Cl2N3O5S. The van der Waals surface area contributed by atoms with Crippen LogP contribution in [0.4, 0.5) is 5.69 Å². The first-order valence-corrected chi connectivity index (χ1v) is 15.5. The molecule has 0 aromatic heterocycles. The van der Waals surface area contributed by atoms with E-state index < -0.39 is 28.5 Å². The summed E-state index contributed by atoms with van der Waals surface area (Å²) < 4.78 is 34.1. The number of sulfonamides is 1. The van der Waals surface area contributed by atoms with E-state index in [9.17, 15) is 18.0 Å². The molecule has 0 aliphatic heterocycles. The van der Waals surface area contributed by atoms with Gasteiger partial charge in [0, 0.05) is 18.7 Å². The van der Waals surface area contributed by atoms with Gasteiger partial charge in [-0.05, 0) is 61.7 Å². The molecule has 8 nitrogen and oxygen atoms in total. The van der Waals surface area contributed by atoms with Crippen LogP contribution in [-0.4, -0.2) is 50.9 Å². The summed E-state index contributed by atoms with van der Waals surface area (Å²) >= 11 is 12.3. The van der Waals surface area contributed by atoms with Gasteiger partial charge in [-0.15, -0.1) is 0 Å². The number of amides is 2. The van der Waals surface area contributed by atoms with E-state index in [1.807, 2.05) is 13.8 Å². The molecule has 0 aliphatic carbocycles. The Morgan fingerprint density at radius 1 is 0.927 bits per heavy atom. The highest BCUT2D eigenvalue weighted by molar-refractivity contribution is 7.92. The van der Waals surface area contributed by atoms with Gasteiger partial charge in [0.2, 0.25) is 11.8 Å². The van der Waals surface area contributed by atoms with Crippen LogP contribution in [0.1, 0.15) is 39.2 Å². The van der Waals surface area contributed by atoms with Crippen molar-refractivity contribution in [2.24, 2.45) is 0 Å². The summed E-state index contributed by atoms with van der Waals surface area (Å²) in [6.07, 6.45) is 1.02. The third-order valence-corrected chi connectivity index (χ3v) is 9.20. The zero-order valence-electron chi connectivity index (χ0n) is 23.5. The number of hydrogen-bond acceptors (Lipinski definition) is 5. The molecule has 1 N–H and O–H groups in total. The molecular weight excluding hydrogens is 585 g/mol. The molecule has 11 heteroatoms. The Kier molecular flexibility index (Phi) is 11.5. The van der Waals surface area contributed by atoms with Gasteiger partial charge in [0.15, 0.2) is 0 Å². The number of nitrogens with zero attached hydrogens (tertiary/aromatic N) is 2. The summed E-state index contributed by atoms with van der Waals surface area (Å²) in [7, 11) is -2.70. The summed E-state index contributed by atoms with van der Waals surface area (Å²) in [6.45, 7) is 5.09. The topological polar surface area (TPSA) is 96.0 Å². The molecule has 0 bridgehead atoms. The number of ether oxygens (including phenoxy) is 1. The molecule has 0 fully saturated rings. The zero-order valence-corrected chi connectivity index (χ0v) is 25.8. The van der Waals surface area contributed by atoms with Crippen molar-refractivity contribution in [3.05, 3.63) is 88.4 Å². The lowest BCUT2D eigenvalue weighted by Gasteiger charge is -2.33. The summed E-state index contributed by atoms with van der Waals surface area (Å²) in [6, 6.07) is 18.3. The smallest absolute Gasteiger partial charge is 0.264 e. The van der Waals surface area contributed by atoms with Gasteiger partial charge < -0.3 is 15.0 Å². The Bertz CT molecular complexity index is 1450. The zero-order chi connectivity index (χ0) is 30.2. The average molecular weight is 621 g/mol. The molecule has 220 valence electrons. The minimum Gasteiger partial charge on any atom is -0.497 e. The van der Waals surface area contributed by atoms with Gasteiger partial charge in [0.05, 0.1) is 27.7 Å². The molecule has 0 spiro atoms. The van der Waals surface area contributed by atoms with Gasteiger partial charge >= 0.3 is 0 Å². The van der Waals surface area contributed by atoms with Crippen LogP contribution in [0, 0.1) is 0 Å². The number of anilines is 1. The van der Waals surface area contributed by atoms with E-state index in [0.29, 0.717) is 34.2 Å². The minimum atomic E-state index is -4.18. The van der Waals surface area contributed by atoms with Gasteiger partial charge in [-0.25, -0.2) is 8.42 Å². The van der Waals surface area contributed by atoms with Crippen LogP contribution in [-0.2, 0) is 26.2 Å². The van der Waals surface area contributed by atoms with Crippen LogP contribution < -0.4 is 14.4 Å². The van der Waals surface area contributed by atoms with Crippen LogP contribution >= 0.6 is 23.2 Å². The molecule has 3 rings (SSSR count). The molecule has 0 aliphatic rings. The molecule has 0 saturated carbocycles. The fourth-order valence-electron chi connectivity index (χ4n) is 4.21. The second kappa shape index (κ2) is 14.6. The van der Waals surface area contributed by atoms with E-state index in [-0.39, 0.29) is 29.1 Å². The summed E-state index contributed by atoms with van der Waals surface area (Å²) in [5, 5.41) is 3.61. The first kappa shape index (κ1) is 32.2. The number of rotatable bonds is 13. The first-order valence-electron chi connectivity index (χ1n) is 13.3. The van der Waals surface area contributed by atoms with Crippen molar-refractivity contribution < 1.29 is 22.7 Å². The second-order valence-corrected chi connectivity index (χ2v) is 12.2. The van der Waals surface area contributed by atoms with E-state index in [1.165, 1.54) is 24.1 Å². The van der Waals surface area contributed by atoms with Crippen molar-refractivity contribution in [2.45, 2.75) is 57.1 Å². The Morgan fingerprint density at radius 2 is 1.63 bits per heavy atom. The number of methoxy groups -OCH3 is 1. The fourth-order valence-corrected chi connectivity index (χ4v) is 5.96. The quantitative estimate of drug-likeness (QED) is 0.256. The van der Waals surface area contributed by atoms with Crippen molar-refractivity contribution in [2.75, 3.05) is 18.0 Å². The highest BCUT2D eigenvalue weighted by atomic mass is 35.5. The maximum Gasteiger partial charge on any atom is 0.264 e. The monoisotopic (exact) mass is 619 g/mol. The van der Waals surface area contributed by atoms with E-state index in [4.69, 9.17) is 27.9 Å². The summed E-state index contributed by atoms with van der Waals surface area (Å²) in [4.78, 5) is 28.9. The number of halogens is 2. The van der Waals surface area contributed by atoms with Crippen LogP contribution in [0.25, 0.3) is 0 Å². The predicted octanol–water partition coefficient (Wildman–Crippen LogP) is 5.92. The molecule has 3 aromatic rings. The fraction of sp³-hybridized carbons (Fsp3) is 0.333. The molecule has 41 heavy (non-hydrogen) atoms. The Hall–Kier alpha value is -3.27. The molecule has 2 amide bonds. The number of carbonyl (C=O) groups excluding carboxylic acids is 2. The minimum absolute atomic E-state index is 0.0134. The van der Waals surface area contributed by atoms with Crippen molar-refractivity contribution in [1.29, 1.82) is 0 Å². The van der Waals surface area contributed by atoms with Gasteiger partial charge in [-0.1, -0.05) is 67.4 Å². The van der Waals surface area contributed by atoms with E-state index >= 15 is 0 Å². The molecule has 3 aromatic carbocycles. The van der Waals surface area contributed by atoms with Crippen LogP contribution in [0.2, 0.25) is 10.0 Å². The number of carbonyl (C=O) groups is 2. The van der Waals surface area contributed by atoms with Crippen molar-refractivity contribution >= 4 is 50.7 Å². The largest absolute Gasteiger partial charge is 0.497 e. The first-order chi connectivity index (χ1) is 19.5. The lowest BCUT2D eigenvalue weighted by atomic mass is 10.1. The lowest BCUT2D eigenvalue weighted by Crippen LogP contribution is -2.53. The van der Waals surface area contributed by atoms with Gasteiger partial charge in [0.25, 0.3) is 10.0 Å². The standard InChI is InChI=1S/C30H35Cl2N3O5S/c1-5-21(3)33-30(37)28(6-2)34(19-22-15-16-26(31)27(32)17-22)29(36)20-35(23-11-10-12-24(18-23)40-4)41(38,39)25-13-8-7-9-14-25/h7-18,21,28H,5-6,19-20H2,1-4H3,(H,33,37)/t21-,28-/m1/s1. The van der Waals surface area contributed by atoms with Gasteiger partial charge in [-0.3, -0.25) is 13.9 Å². The summed E-state index contributed by atoms with van der Waals surface area (Å²) in [5.74, 6) is -0.464. The molecule has 0 saturated heterocycles. The van der Waals surface area contributed by atoms with E-state index in [1.54, 1.807) is 67.6 Å². The highest BCUT2D eigenvalue weighted by Gasteiger charge is 2.34. The maximum atomic E-state index is 14.1. The number of benzene rings is 3. The average Bonchev–Trinajstić information content (AvgIpc) is 2.97. The van der Waals surface area contributed by atoms with Crippen LogP contribution in [0.15, 0.2) is 77.7 Å². The Morgan fingerprint density at radius 3 is 2.24 bits per heavy atom. The van der Waals surface area contributed by atoms with Gasteiger partial charge in [0.1, 0.15) is 18.3 Å². The van der Waals surface area contributed by atoms with E-state index in [0.717, 1.165) is 4.31 Å². The summed E-state index contributed by atoms with van der Waals surface area (Å²) in [5.41, 5.74) is 0.884. The maximum absolute atomic E-state index is 14.1.